The van der Waals surface area contributed by atoms with Crippen LogP contribution in [0, 0.1) is 0 Å². The summed E-state index contributed by atoms with van der Waals surface area (Å²) < 4.78 is 4.83. The maximum Gasteiger partial charge on any atom is 0.303 e. The van der Waals surface area contributed by atoms with Crippen LogP contribution in [0.5, 0.6) is 0 Å². The molecule has 6 nitrogen and oxygen atoms in total. The van der Waals surface area contributed by atoms with Crippen molar-refractivity contribution in [3.05, 3.63) is 23.1 Å². The third-order valence-electron chi connectivity index (χ3n) is 2.02. The summed E-state index contributed by atoms with van der Waals surface area (Å²) in [5.41, 5.74) is 7.24. The second-order valence-electron chi connectivity index (χ2n) is 3.33. The molecule has 0 atom stereocenters. The zero-order chi connectivity index (χ0) is 12.4. The lowest BCUT2D eigenvalue weighted by atomic mass is 10.3. The Morgan fingerprint density at radius 1 is 1.41 bits per heavy atom. The highest BCUT2D eigenvalue weighted by molar-refractivity contribution is 6.28. The minimum Gasteiger partial charge on any atom is -0.459 e. The van der Waals surface area contributed by atoms with Gasteiger partial charge in [-0.15, -0.1) is 0 Å². The summed E-state index contributed by atoms with van der Waals surface area (Å²) in [5.74, 6) is -0.170. The van der Waals surface area contributed by atoms with Crippen LogP contribution in [-0.4, -0.2) is 20.9 Å². The largest absolute Gasteiger partial charge is 0.459 e. The van der Waals surface area contributed by atoms with E-state index in [2.05, 4.69) is 15.0 Å². The number of hydrogen-bond donors (Lipinski definition) is 1. The SMILES string of the molecule is CC(=O)OCc1ccc2nc(Cl)nc(N)c2n1. The molecule has 0 aromatic carbocycles. The fourth-order valence-corrected chi connectivity index (χ4v) is 1.49. The van der Waals surface area contributed by atoms with Crippen LogP contribution in [0.25, 0.3) is 11.0 Å². The van der Waals surface area contributed by atoms with Crippen molar-refractivity contribution in [1.82, 2.24) is 15.0 Å². The zero-order valence-corrected chi connectivity index (χ0v) is 9.73. The van der Waals surface area contributed by atoms with Crippen molar-refractivity contribution in [3.8, 4) is 0 Å². The van der Waals surface area contributed by atoms with Crippen molar-refractivity contribution in [2.75, 3.05) is 5.73 Å². The number of nitrogen functional groups attached to an aromatic ring is 1. The summed E-state index contributed by atoms with van der Waals surface area (Å²) in [5, 5.41) is 0.0736. The van der Waals surface area contributed by atoms with Gasteiger partial charge in [-0.3, -0.25) is 4.79 Å². The van der Waals surface area contributed by atoms with Gasteiger partial charge in [0.05, 0.1) is 11.2 Å². The maximum absolute atomic E-state index is 10.7. The Balaban J connectivity index is 2.40. The fraction of sp³-hybridized carbons (Fsp3) is 0.200. The van der Waals surface area contributed by atoms with Gasteiger partial charge < -0.3 is 10.5 Å². The van der Waals surface area contributed by atoms with Crippen LogP contribution >= 0.6 is 11.6 Å². The van der Waals surface area contributed by atoms with E-state index in [4.69, 9.17) is 22.1 Å². The zero-order valence-electron chi connectivity index (χ0n) is 8.98. The molecule has 0 saturated carbocycles. The Morgan fingerprint density at radius 2 is 2.18 bits per heavy atom. The van der Waals surface area contributed by atoms with Gasteiger partial charge in [0.2, 0.25) is 5.28 Å². The first kappa shape index (κ1) is 11.5. The summed E-state index contributed by atoms with van der Waals surface area (Å²) in [6.45, 7) is 1.42. The Hall–Kier alpha value is -1.95. The summed E-state index contributed by atoms with van der Waals surface area (Å²) in [7, 11) is 0. The second kappa shape index (κ2) is 4.50. The molecule has 0 spiro atoms. The van der Waals surface area contributed by atoms with E-state index in [-0.39, 0.29) is 23.7 Å². The Bertz CT molecular complexity index is 588. The lowest BCUT2D eigenvalue weighted by molar-refractivity contribution is -0.142. The van der Waals surface area contributed by atoms with Gasteiger partial charge in [-0.25, -0.2) is 9.97 Å². The minimum absolute atomic E-state index is 0.0736. The molecule has 2 aromatic rings. The molecule has 2 rings (SSSR count). The van der Waals surface area contributed by atoms with E-state index in [1.807, 2.05) is 0 Å². The van der Waals surface area contributed by atoms with E-state index in [0.29, 0.717) is 16.7 Å². The maximum atomic E-state index is 10.7. The number of ether oxygens (including phenoxy) is 1. The number of halogens is 1. The number of rotatable bonds is 2. The van der Waals surface area contributed by atoms with Crippen molar-refractivity contribution in [2.24, 2.45) is 0 Å². The number of hydrogen-bond acceptors (Lipinski definition) is 6. The lowest BCUT2D eigenvalue weighted by Crippen LogP contribution is -2.03. The predicted octanol–water partition coefficient (Wildman–Crippen LogP) is 1.32. The van der Waals surface area contributed by atoms with Gasteiger partial charge in [-0.2, -0.15) is 4.98 Å². The molecule has 7 heteroatoms. The molecule has 0 aliphatic rings. The van der Waals surface area contributed by atoms with Crippen LogP contribution in [0.3, 0.4) is 0 Å². The average Bonchev–Trinajstić information content (AvgIpc) is 2.26. The fourth-order valence-electron chi connectivity index (χ4n) is 1.30. The third-order valence-corrected chi connectivity index (χ3v) is 2.19. The number of esters is 1. The molecule has 0 radical (unpaired) electrons. The Labute approximate surface area is 102 Å². The summed E-state index contributed by atoms with van der Waals surface area (Å²) in [4.78, 5) is 22.7. The van der Waals surface area contributed by atoms with Crippen LogP contribution in [-0.2, 0) is 16.1 Å². The molecule has 0 aliphatic carbocycles. The molecule has 2 heterocycles. The molecule has 0 fully saturated rings. The van der Waals surface area contributed by atoms with Gasteiger partial charge in [-0.05, 0) is 23.7 Å². The van der Waals surface area contributed by atoms with E-state index >= 15 is 0 Å². The molecule has 0 unspecified atom stereocenters. The van der Waals surface area contributed by atoms with E-state index < -0.39 is 0 Å². The molecule has 17 heavy (non-hydrogen) atoms. The molecule has 0 aliphatic heterocycles. The first-order valence-electron chi connectivity index (χ1n) is 4.78. The average molecular weight is 253 g/mol. The smallest absolute Gasteiger partial charge is 0.303 e. The van der Waals surface area contributed by atoms with Gasteiger partial charge >= 0.3 is 5.97 Å². The molecule has 88 valence electrons. The molecule has 2 N–H and O–H groups in total. The van der Waals surface area contributed by atoms with Crippen molar-refractivity contribution < 1.29 is 9.53 Å². The molecule has 0 bridgehead atoms. The van der Waals surface area contributed by atoms with Crippen LogP contribution < -0.4 is 5.73 Å². The van der Waals surface area contributed by atoms with E-state index in [1.165, 1.54) is 6.92 Å². The number of carbonyl (C=O) groups is 1. The molecule has 0 amide bonds. The molecule has 2 aromatic heterocycles. The number of carbonyl (C=O) groups excluding carboxylic acids is 1. The monoisotopic (exact) mass is 252 g/mol. The number of nitrogens with two attached hydrogens (primary N) is 1. The van der Waals surface area contributed by atoms with Gasteiger partial charge in [0.25, 0.3) is 0 Å². The minimum atomic E-state index is -0.368. The highest BCUT2D eigenvalue weighted by Crippen LogP contribution is 2.18. The topological polar surface area (TPSA) is 91.0 Å². The first-order chi connectivity index (χ1) is 8.06. The molecular formula is C10H9ClN4O2. The first-order valence-corrected chi connectivity index (χ1v) is 5.16. The highest BCUT2D eigenvalue weighted by Gasteiger charge is 2.07. The van der Waals surface area contributed by atoms with Gasteiger partial charge in [-0.1, -0.05) is 0 Å². The summed E-state index contributed by atoms with van der Waals surface area (Å²) >= 11 is 5.67. The summed E-state index contributed by atoms with van der Waals surface area (Å²) in [6, 6.07) is 3.39. The number of pyridine rings is 1. The van der Waals surface area contributed by atoms with Crippen molar-refractivity contribution in [2.45, 2.75) is 13.5 Å². The Morgan fingerprint density at radius 3 is 2.88 bits per heavy atom. The molecule has 0 saturated heterocycles. The van der Waals surface area contributed by atoms with E-state index in [0.717, 1.165) is 0 Å². The van der Waals surface area contributed by atoms with Crippen molar-refractivity contribution >= 4 is 34.4 Å². The van der Waals surface area contributed by atoms with Crippen LogP contribution in [0.2, 0.25) is 5.28 Å². The number of fused-ring (bicyclic) bond motifs is 1. The van der Waals surface area contributed by atoms with Crippen LogP contribution in [0.1, 0.15) is 12.6 Å². The quantitative estimate of drug-likeness (QED) is 0.640. The highest BCUT2D eigenvalue weighted by atomic mass is 35.5. The van der Waals surface area contributed by atoms with Crippen molar-refractivity contribution in [3.63, 3.8) is 0 Å². The normalized spacial score (nSPS) is 10.5. The standard InChI is InChI=1S/C10H9ClN4O2/c1-5(16)17-4-6-2-3-7-8(13-6)9(12)15-10(11)14-7/h2-3H,4H2,1H3,(H2,12,14,15). The lowest BCUT2D eigenvalue weighted by Gasteiger charge is -2.04. The number of nitrogens with zero attached hydrogens (tertiary/aromatic N) is 3. The second-order valence-corrected chi connectivity index (χ2v) is 3.67. The van der Waals surface area contributed by atoms with Gasteiger partial charge in [0, 0.05) is 6.92 Å². The molecular weight excluding hydrogens is 244 g/mol. The van der Waals surface area contributed by atoms with E-state index in [9.17, 15) is 4.79 Å². The third kappa shape index (κ3) is 2.59. The van der Waals surface area contributed by atoms with E-state index in [1.54, 1.807) is 12.1 Å². The Kier molecular flexibility index (Phi) is 3.06. The summed E-state index contributed by atoms with van der Waals surface area (Å²) in [6.07, 6.45) is 0. The van der Waals surface area contributed by atoms with Gasteiger partial charge in [0.1, 0.15) is 12.1 Å². The van der Waals surface area contributed by atoms with Gasteiger partial charge in [0.15, 0.2) is 5.82 Å². The number of aromatic nitrogens is 3. The van der Waals surface area contributed by atoms with Crippen LogP contribution in [0.15, 0.2) is 12.1 Å². The number of anilines is 1. The predicted molar refractivity (Wildman–Crippen MR) is 62.2 cm³/mol. The van der Waals surface area contributed by atoms with Crippen molar-refractivity contribution in [1.29, 1.82) is 0 Å². The van der Waals surface area contributed by atoms with Crippen LogP contribution in [0.4, 0.5) is 5.82 Å².